The van der Waals surface area contributed by atoms with Gasteiger partial charge in [-0.2, -0.15) is 0 Å². The standard InChI is InChI=1S/C10H11BrO3/c1-6(4-10(13)14)8-5-7(11)2-3-9(8)12/h2-3,5-6,12H,4H2,1H3,(H,13,14). The summed E-state index contributed by atoms with van der Waals surface area (Å²) in [5.74, 6) is -0.913. The number of phenols is 1. The van der Waals surface area contributed by atoms with Crippen LogP contribution in [0.25, 0.3) is 0 Å². The Hall–Kier alpha value is -1.03. The highest BCUT2D eigenvalue weighted by molar-refractivity contribution is 9.10. The van der Waals surface area contributed by atoms with Crippen molar-refractivity contribution in [2.45, 2.75) is 19.3 Å². The number of phenolic OH excluding ortho intramolecular Hbond substituents is 1. The smallest absolute Gasteiger partial charge is 0.303 e. The second kappa shape index (κ2) is 4.46. The topological polar surface area (TPSA) is 57.5 Å². The fourth-order valence-electron chi connectivity index (χ4n) is 1.29. The number of carbonyl (C=O) groups is 1. The summed E-state index contributed by atoms with van der Waals surface area (Å²) in [5, 5.41) is 18.1. The molecule has 0 amide bonds. The summed E-state index contributed by atoms with van der Waals surface area (Å²) in [4.78, 5) is 10.5. The van der Waals surface area contributed by atoms with E-state index in [2.05, 4.69) is 15.9 Å². The molecule has 0 aliphatic heterocycles. The molecule has 76 valence electrons. The first-order chi connectivity index (χ1) is 6.50. The summed E-state index contributed by atoms with van der Waals surface area (Å²) in [6, 6.07) is 5.01. The van der Waals surface area contributed by atoms with Crippen LogP contribution in [0.5, 0.6) is 5.75 Å². The van der Waals surface area contributed by atoms with Crippen LogP contribution >= 0.6 is 15.9 Å². The molecule has 0 saturated heterocycles. The van der Waals surface area contributed by atoms with Crippen LogP contribution < -0.4 is 0 Å². The highest BCUT2D eigenvalue weighted by atomic mass is 79.9. The van der Waals surface area contributed by atoms with Gasteiger partial charge in [-0.05, 0) is 29.7 Å². The van der Waals surface area contributed by atoms with Crippen molar-refractivity contribution >= 4 is 21.9 Å². The van der Waals surface area contributed by atoms with E-state index in [1.54, 1.807) is 25.1 Å². The predicted molar refractivity (Wildman–Crippen MR) is 56.5 cm³/mol. The minimum Gasteiger partial charge on any atom is -0.508 e. The lowest BCUT2D eigenvalue weighted by Crippen LogP contribution is -2.03. The number of carboxylic acid groups (broad SMARTS) is 1. The Kier molecular flexibility index (Phi) is 3.52. The maximum atomic E-state index is 10.5. The van der Waals surface area contributed by atoms with E-state index in [1.165, 1.54) is 0 Å². The van der Waals surface area contributed by atoms with Crippen LogP contribution in [0.2, 0.25) is 0 Å². The summed E-state index contributed by atoms with van der Waals surface area (Å²) in [5.41, 5.74) is 0.654. The Bertz CT molecular complexity index is 349. The molecule has 1 unspecified atom stereocenters. The Morgan fingerprint density at radius 2 is 2.21 bits per heavy atom. The average Bonchev–Trinajstić information content (AvgIpc) is 2.08. The lowest BCUT2D eigenvalue weighted by atomic mass is 9.97. The predicted octanol–water partition coefficient (Wildman–Crippen LogP) is 2.73. The summed E-state index contributed by atoms with van der Waals surface area (Å²) < 4.78 is 0.836. The molecule has 1 rings (SSSR count). The number of benzene rings is 1. The monoisotopic (exact) mass is 258 g/mol. The summed E-state index contributed by atoms with van der Waals surface area (Å²) >= 11 is 3.27. The molecule has 1 aromatic carbocycles. The quantitative estimate of drug-likeness (QED) is 0.877. The van der Waals surface area contributed by atoms with Crippen molar-refractivity contribution in [3.05, 3.63) is 28.2 Å². The maximum absolute atomic E-state index is 10.5. The van der Waals surface area contributed by atoms with Gasteiger partial charge in [-0.3, -0.25) is 4.79 Å². The Balaban J connectivity index is 2.93. The molecule has 0 fully saturated rings. The molecule has 1 atom stereocenters. The van der Waals surface area contributed by atoms with Crippen LogP contribution in [0, 0.1) is 0 Å². The third-order valence-electron chi connectivity index (χ3n) is 2.00. The van der Waals surface area contributed by atoms with Crippen LogP contribution in [0.3, 0.4) is 0 Å². The Morgan fingerprint density at radius 3 is 2.79 bits per heavy atom. The fourth-order valence-corrected chi connectivity index (χ4v) is 1.67. The Morgan fingerprint density at radius 1 is 1.57 bits per heavy atom. The molecule has 2 N–H and O–H groups in total. The molecule has 14 heavy (non-hydrogen) atoms. The van der Waals surface area contributed by atoms with E-state index >= 15 is 0 Å². The van der Waals surface area contributed by atoms with Gasteiger partial charge in [0.25, 0.3) is 0 Å². The van der Waals surface area contributed by atoms with Crippen LogP contribution in [-0.2, 0) is 4.79 Å². The van der Waals surface area contributed by atoms with Crippen LogP contribution in [0.4, 0.5) is 0 Å². The molecule has 3 nitrogen and oxygen atoms in total. The first kappa shape index (κ1) is 11.0. The minimum atomic E-state index is -0.864. The van der Waals surface area contributed by atoms with Crippen LogP contribution in [-0.4, -0.2) is 16.2 Å². The van der Waals surface area contributed by atoms with Crippen LogP contribution in [0.1, 0.15) is 24.8 Å². The van der Waals surface area contributed by atoms with Crippen molar-refractivity contribution in [3.63, 3.8) is 0 Å². The van der Waals surface area contributed by atoms with Crippen molar-refractivity contribution in [2.75, 3.05) is 0 Å². The van der Waals surface area contributed by atoms with Crippen molar-refractivity contribution in [1.29, 1.82) is 0 Å². The van der Waals surface area contributed by atoms with Gasteiger partial charge in [-0.25, -0.2) is 0 Å². The van der Waals surface area contributed by atoms with E-state index < -0.39 is 5.97 Å². The Labute approximate surface area is 90.5 Å². The molecule has 0 bridgehead atoms. The van der Waals surface area contributed by atoms with Gasteiger partial charge in [-0.1, -0.05) is 22.9 Å². The number of aliphatic carboxylic acids is 1. The molecule has 0 heterocycles. The number of rotatable bonds is 3. The van der Waals surface area contributed by atoms with Gasteiger partial charge in [0.05, 0.1) is 6.42 Å². The molecule has 1 aromatic rings. The zero-order valence-corrected chi connectivity index (χ0v) is 9.28. The summed E-state index contributed by atoms with van der Waals surface area (Å²) in [7, 11) is 0. The molecule has 0 aliphatic rings. The van der Waals surface area contributed by atoms with Crippen molar-refractivity contribution in [2.24, 2.45) is 0 Å². The number of carboxylic acids is 1. The fraction of sp³-hybridized carbons (Fsp3) is 0.300. The van der Waals surface area contributed by atoms with Crippen LogP contribution in [0.15, 0.2) is 22.7 Å². The third-order valence-corrected chi connectivity index (χ3v) is 2.49. The van der Waals surface area contributed by atoms with E-state index in [0.717, 1.165) is 4.47 Å². The molecule has 0 radical (unpaired) electrons. The molecule has 0 aromatic heterocycles. The van der Waals surface area contributed by atoms with Gasteiger partial charge >= 0.3 is 5.97 Å². The normalized spacial score (nSPS) is 12.4. The molecule has 0 spiro atoms. The van der Waals surface area contributed by atoms with Gasteiger partial charge < -0.3 is 10.2 Å². The van der Waals surface area contributed by atoms with E-state index in [-0.39, 0.29) is 18.1 Å². The summed E-state index contributed by atoms with van der Waals surface area (Å²) in [6.45, 7) is 1.77. The largest absolute Gasteiger partial charge is 0.508 e. The number of hydrogen-bond acceptors (Lipinski definition) is 2. The highest BCUT2D eigenvalue weighted by Gasteiger charge is 2.13. The zero-order chi connectivity index (χ0) is 10.7. The maximum Gasteiger partial charge on any atom is 0.303 e. The number of aromatic hydroxyl groups is 1. The highest BCUT2D eigenvalue weighted by Crippen LogP contribution is 2.30. The zero-order valence-electron chi connectivity index (χ0n) is 7.70. The van der Waals surface area contributed by atoms with E-state index in [9.17, 15) is 9.90 Å². The first-order valence-electron chi connectivity index (χ1n) is 4.21. The van der Waals surface area contributed by atoms with Crippen molar-refractivity contribution in [1.82, 2.24) is 0 Å². The molecular weight excluding hydrogens is 248 g/mol. The van der Waals surface area contributed by atoms with Gasteiger partial charge in [0, 0.05) is 4.47 Å². The molecule has 4 heteroatoms. The first-order valence-corrected chi connectivity index (χ1v) is 5.00. The molecule has 0 saturated carbocycles. The van der Waals surface area contributed by atoms with Gasteiger partial charge in [0.15, 0.2) is 0 Å². The lowest BCUT2D eigenvalue weighted by Gasteiger charge is -2.11. The summed E-state index contributed by atoms with van der Waals surface area (Å²) in [6.07, 6.45) is 0.0179. The third kappa shape index (κ3) is 2.73. The number of hydrogen-bond donors (Lipinski definition) is 2. The van der Waals surface area contributed by atoms with Gasteiger partial charge in [-0.15, -0.1) is 0 Å². The van der Waals surface area contributed by atoms with E-state index in [1.807, 2.05) is 0 Å². The molecule has 0 aliphatic carbocycles. The van der Waals surface area contributed by atoms with Gasteiger partial charge in [0.1, 0.15) is 5.75 Å². The SMILES string of the molecule is CC(CC(=O)O)c1cc(Br)ccc1O. The minimum absolute atomic E-state index is 0.0179. The van der Waals surface area contributed by atoms with E-state index in [4.69, 9.17) is 5.11 Å². The average molecular weight is 259 g/mol. The van der Waals surface area contributed by atoms with Crippen molar-refractivity contribution < 1.29 is 15.0 Å². The van der Waals surface area contributed by atoms with E-state index in [0.29, 0.717) is 5.56 Å². The lowest BCUT2D eigenvalue weighted by molar-refractivity contribution is -0.137. The van der Waals surface area contributed by atoms with Gasteiger partial charge in [0.2, 0.25) is 0 Å². The second-order valence-electron chi connectivity index (χ2n) is 3.20. The van der Waals surface area contributed by atoms with Crippen molar-refractivity contribution in [3.8, 4) is 5.75 Å². The second-order valence-corrected chi connectivity index (χ2v) is 4.12. The number of halogens is 1. The molecular formula is C10H11BrO3.